The lowest BCUT2D eigenvalue weighted by Gasteiger charge is -2.35. The maximum atomic E-state index is 12.3. The number of nitriles is 1. The van der Waals surface area contributed by atoms with E-state index in [1.807, 2.05) is 39.8 Å². The summed E-state index contributed by atoms with van der Waals surface area (Å²) in [6.07, 6.45) is 2.40. The fraction of sp³-hybridized carbons (Fsp3) is 0.571. The summed E-state index contributed by atoms with van der Waals surface area (Å²) in [6.45, 7) is 11.3. The predicted octanol–water partition coefficient (Wildman–Crippen LogP) is 2.60. The second kappa shape index (κ2) is 9.56. The average Bonchev–Trinajstić information content (AvgIpc) is 2.90. The lowest BCUT2D eigenvalue weighted by molar-refractivity contribution is -0.154. The van der Waals surface area contributed by atoms with Crippen molar-refractivity contribution >= 4 is 18.0 Å². The van der Waals surface area contributed by atoms with Crippen molar-refractivity contribution in [3.63, 3.8) is 0 Å². The number of nitrogens with zero attached hydrogens (tertiary/aromatic N) is 3. The van der Waals surface area contributed by atoms with Crippen LogP contribution in [0.15, 0.2) is 11.6 Å². The number of aryl methyl sites for hydroxylation is 1. The quantitative estimate of drug-likeness (QED) is 0.426. The predicted molar refractivity (Wildman–Crippen MR) is 105 cm³/mol. The SMILES string of the molecule is CCCn1c(C)cc(/C=C(\C#N)C(=O)OCC(=O)N2C[C@@H](C)O[C@H](C)C2)c1C. The third kappa shape index (κ3) is 5.23. The Morgan fingerprint density at radius 1 is 1.32 bits per heavy atom. The summed E-state index contributed by atoms with van der Waals surface area (Å²) in [7, 11) is 0. The standard InChI is InChI=1S/C21H29N3O4/c1-6-7-24-14(2)8-18(17(24)5)9-19(10-22)21(26)27-13-20(25)23-11-15(3)28-16(4)12-23/h8-9,15-16H,6-7,11-13H2,1-5H3/b19-9+/t15-,16-/m1/s1. The van der Waals surface area contributed by atoms with E-state index >= 15 is 0 Å². The molecule has 2 atom stereocenters. The van der Waals surface area contributed by atoms with Crippen LogP contribution in [0, 0.1) is 25.2 Å². The van der Waals surface area contributed by atoms with E-state index in [0.29, 0.717) is 13.1 Å². The van der Waals surface area contributed by atoms with Crippen LogP contribution in [0.1, 0.15) is 44.1 Å². The number of morpholine rings is 1. The maximum absolute atomic E-state index is 12.3. The van der Waals surface area contributed by atoms with Crippen molar-refractivity contribution in [3.05, 3.63) is 28.6 Å². The summed E-state index contributed by atoms with van der Waals surface area (Å²) in [4.78, 5) is 26.3. The highest BCUT2D eigenvalue weighted by Crippen LogP contribution is 2.19. The van der Waals surface area contributed by atoms with Crippen molar-refractivity contribution < 1.29 is 19.1 Å². The van der Waals surface area contributed by atoms with Gasteiger partial charge in [-0.05, 0) is 51.8 Å². The molecular weight excluding hydrogens is 358 g/mol. The van der Waals surface area contributed by atoms with Gasteiger partial charge in [0.1, 0.15) is 11.6 Å². The van der Waals surface area contributed by atoms with Crippen molar-refractivity contribution in [2.24, 2.45) is 0 Å². The van der Waals surface area contributed by atoms with E-state index in [0.717, 1.165) is 29.9 Å². The highest BCUT2D eigenvalue weighted by Gasteiger charge is 2.26. The Labute approximate surface area is 166 Å². The van der Waals surface area contributed by atoms with Gasteiger partial charge in [-0.3, -0.25) is 4.79 Å². The fourth-order valence-electron chi connectivity index (χ4n) is 3.51. The molecule has 1 aromatic heterocycles. The van der Waals surface area contributed by atoms with E-state index in [4.69, 9.17) is 9.47 Å². The smallest absolute Gasteiger partial charge is 0.349 e. The molecule has 1 fully saturated rings. The Bertz CT molecular complexity index is 793. The van der Waals surface area contributed by atoms with E-state index in [9.17, 15) is 14.9 Å². The van der Waals surface area contributed by atoms with Crippen molar-refractivity contribution in [2.45, 2.75) is 59.8 Å². The Hall–Kier alpha value is -2.59. The number of carbonyl (C=O) groups is 2. The highest BCUT2D eigenvalue weighted by atomic mass is 16.5. The van der Waals surface area contributed by atoms with E-state index in [2.05, 4.69) is 11.5 Å². The zero-order chi connectivity index (χ0) is 20.8. The molecule has 0 aliphatic carbocycles. The molecule has 0 saturated carbocycles. The minimum atomic E-state index is -0.787. The summed E-state index contributed by atoms with van der Waals surface area (Å²) >= 11 is 0. The second-order valence-corrected chi connectivity index (χ2v) is 7.28. The maximum Gasteiger partial charge on any atom is 0.349 e. The monoisotopic (exact) mass is 387 g/mol. The topological polar surface area (TPSA) is 84.6 Å². The molecule has 1 saturated heterocycles. The first-order valence-corrected chi connectivity index (χ1v) is 9.65. The number of amides is 1. The van der Waals surface area contributed by atoms with Gasteiger partial charge in [0, 0.05) is 31.0 Å². The lowest BCUT2D eigenvalue weighted by atomic mass is 10.1. The number of rotatable bonds is 6. The summed E-state index contributed by atoms with van der Waals surface area (Å²) in [5.41, 5.74) is 2.75. The third-order valence-corrected chi connectivity index (χ3v) is 4.80. The first kappa shape index (κ1) is 21.7. The van der Waals surface area contributed by atoms with Crippen molar-refractivity contribution in [2.75, 3.05) is 19.7 Å². The van der Waals surface area contributed by atoms with Crippen LogP contribution in [0.5, 0.6) is 0 Å². The molecule has 152 valence electrons. The summed E-state index contributed by atoms with van der Waals surface area (Å²) in [5.74, 6) is -1.07. The molecule has 1 aromatic rings. The lowest BCUT2D eigenvalue weighted by Crippen LogP contribution is -2.49. The Morgan fingerprint density at radius 3 is 2.54 bits per heavy atom. The number of hydrogen-bond acceptors (Lipinski definition) is 5. The molecule has 28 heavy (non-hydrogen) atoms. The molecule has 1 aliphatic rings. The number of ether oxygens (including phenoxy) is 2. The molecular formula is C21H29N3O4. The number of esters is 1. The van der Waals surface area contributed by atoms with E-state index in [1.54, 1.807) is 4.90 Å². The van der Waals surface area contributed by atoms with E-state index < -0.39 is 5.97 Å². The first-order chi connectivity index (χ1) is 13.3. The highest BCUT2D eigenvalue weighted by molar-refractivity contribution is 5.99. The van der Waals surface area contributed by atoms with Gasteiger partial charge < -0.3 is 18.9 Å². The van der Waals surface area contributed by atoms with Crippen molar-refractivity contribution in [1.82, 2.24) is 9.47 Å². The van der Waals surface area contributed by atoms with Gasteiger partial charge in [0.15, 0.2) is 6.61 Å². The molecule has 2 heterocycles. The number of aromatic nitrogens is 1. The van der Waals surface area contributed by atoms with Gasteiger partial charge >= 0.3 is 5.97 Å². The number of hydrogen-bond donors (Lipinski definition) is 0. The Kier molecular flexibility index (Phi) is 7.41. The van der Waals surface area contributed by atoms with Crippen LogP contribution in [0.25, 0.3) is 6.08 Å². The van der Waals surface area contributed by atoms with Gasteiger partial charge in [-0.1, -0.05) is 6.92 Å². The zero-order valence-corrected chi connectivity index (χ0v) is 17.3. The van der Waals surface area contributed by atoms with Crippen LogP contribution in [-0.2, 0) is 25.6 Å². The molecule has 0 aromatic carbocycles. The van der Waals surface area contributed by atoms with Gasteiger partial charge in [0.05, 0.1) is 12.2 Å². The second-order valence-electron chi connectivity index (χ2n) is 7.28. The molecule has 1 aliphatic heterocycles. The van der Waals surface area contributed by atoms with E-state index in [1.165, 1.54) is 6.08 Å². The van der Waals surface area contributed by atoms with Crippen molar-refractivity contribution in [1.29, 1.82) is 5.26 Å². The molecule has 0 radical (unpaired) electrons. The summed E-state index contributed by atoms with van der Waals surface area (Å²) < 4.78 is 12.9. The number of carbonyl (C=O) groups excluding carboxylic acids is 2. The van der Waals surface area contributed by atoms with Gasteiger partial charge in [-0.2, -0.15) is 5.26 Å². The van der Waals surface area contributed by atoms with Gasteiger partial charge in [-0.15, -0.1) is 0 Å². The average molecular weight is 387 g/mol. The van der Waals surface area contributed by atoms with Gasteiger partial charge in [-0.25, -0.2) is 4.79 Å². The van der Waals surface area contributed by atoms with Crippen LogP contribution < -0.4 is 0 Å². The molecule has 2 rings (SSSR count). The minimum Gasteiger partial charge on any atom is -0.451 e. The Morgan fingerprint density at radius 2 is 1.96 bits per heavy atom. The van der Waals surface area contributed by atoms with Crippen LogP contribution in [0.2, 0.25) is 0 Å². The van der Waals surface area contributed by atoms with E-state index in [-0.39, 0.29) is 30.3 Å². The molecule has 0 spiro atoms. The summed E-state index contributed by atoms with van der Waals surface area (Å²) in [6, 6.07) is 3.83. The van der Waals surface area contributed by atoms with Crippen LogP contribution >= 0.6 is 0 Å². The van der Waals surface area contributed by atoms with Crippen LogP contribution in [0.3, 0.4) is 0 Å². The molecule has 1 amide bonds. The van der Waals surface area contributed by atoms with Crippen LogP contribution in [0.4, 0.5) is 0 Å². The Balaban J connectivity index is 2.04. The van der Waals surface area contributed by atoms with Gasteiger partial charge in [0.2, 0.25) is 0 Å². The third-order valence-electron chi connectivity index (χ3n) is 4.80. The molecule has 0 N–H and O–H groups in total. The normalized spacial score (nSPS) is 20.0. The zero-order valence-electron chi connectivity index (χ0n) is 17.3. The van der Waals surface area contributed by atoms with Crippen molar-refractivity contribution in [3.8, 4) is 6.07 Å². The van der Waals surface area contributed by atoms with Gasteiger partial charge in [0.25, 0.3) is 5.91 Å². The van der Waals surface area contributed by atoms with Crippen LogP contribution in [-0.4, -0.2) is 53.2 Å². The summed E-state index contributed by atoms with van der Waals surface area (Å²) in [5, 5.41) is 9.37. The first-order valence-electron chi connectivity index (χ1n) is 9.65. The molecule has 0 unspecified atom stereocenters. The molecule has 7 heteroatoms. The minimum absolute atomic E-state index is 0.0589. The molecule has 7 nitrogen and oxygen atoms in total. The fourth-order valence-corrected chi connectivity index (χ4v) is 3.51. The molecule has 0 bridgehead atoms. The largest absolute Gasteiger partial charge is 0.451 e.